The monoisotopic (exact) mass is 410 g/mol. The van der Waals surface area contributed by atoms with Gasteiger partial charge in [-0.25, -0.2) is 0 Å². The van der Waals surface area contributed by atoms with Crippen molar-refractivity contribution in [3.8, 4) is 0 Å². The summed E-state index contributed by atoms with van der Waals surface area (Å²) in [6, 6.07) is 13.6. The summed E-state index contributed by atoms with van der Waals surface area (Å²) in [6.07, 6.45) is 2.07. The van der Waals surface area contributed by atoms with Gasteiger partial charge in [0.1, 0.15) is 0 Å². The molecule has 2 aromatic rings. The van der Waals surface area contributed by atoms with Gasteiger partial charge in [-0.3, -0.25) is 14.4 Å². The molecule has 0 radical (unpaired) electrons. The molecule has 2 amide bonds. The summed E-state index contributed by atoms with van der Waals surface area (Å²) in [5.41, 5.74) is 13.7. The summed E-state index contributed by atoms with van der Waals surface area (Å²) in [5.74, 6) is -0.887. The van der Waals surface area contributed by atoms with Gasteiger partial charge in [-0.2, -0.15) is 0 Å². The zero-order valence-corrected chi connectivity index (χ0v) is 17.6. The van der Waals surface area contributed by atoms with Gasteiger partial charge >= 0.3 is 0 Å². The van der Waals surface area contributed by atoms with Crippen molar-refractivity contribution in [3.05, 3.63) is 65.2 Å². The second kappa shape index (κ2) is 11.2. The van der Waals surface area contributed by atoms with E-state index in [-0.39, 0.29) is 24.1 Å². The van der Waals surface area contributed by atoms with Gasteiger partial charge in [0.05, 0.1) is 18.3 Å². The first-order valence-corrected chi connectivity index (χ1v) is 10.1. The highest BCUT2D eigenvalue weighted by Crippen LogP contribution is 2.24. The van der Waals surface area contributed by atoms with Crippen molar-refractivity contribution in [1.29, 1.82) is 0 Å². The molecule has 0 bridgehead atoms. The Morgan fingerprint density at radius 2 is 1.77 bits per heavy atom. The van der Waals surface area contributed by atoms with E-state index in [9.17, 15) is 14.4 Å². The number of anilines is 1. The molecule has 0 heterocycles. The lowest BCUT2D eigenvalue weighted by Crippen LogP contribution is -2.45. The number of nitrogens with one attached hydrogen (secondary N) is 1. The molecule has 2 rings (SSSR count). The average Bonchev–Trinajstić information content (AvgIpc) is 2.76. The first kappa shape index (κ1) is 23.3. The van der Waals surface area contributed by atoms with E-state index in [2.05, 4.69) is 5.32 Å². The minimum Gasteiger partial charge on any atom is -0.346 e. The highest BCUT2D eigenvalue weighted by molar-refractivity contribution is 6.14. The molecule has 0 aromatic heterocycles. The number of ketones is 1. The number of hydrogen-bond acceptors (Lipinski definition) is 5. The van der Waals surface area contributed by atoms with E-state index in [0.717, 1.165) is 18.4 Å². The molecule has 0 unspecified atom stereocenters. The van der Waals surface area contributed by atoms with Gasteiger partial charge in [0.25, 0.3) is 0 Å². The topological polar surface area (TPSA) is 119 Å². The molecule has 160 valence electrons. The van der Waals surface area contributed by atoms with Crippen LogP contribution in [0.15, 0.2) is 48.5 Å². The number of benzene rings is 2. The van der Waals surface area contributed by atoms with Crippen molar-refractivity contribution in [2.24, 2.45) is 11.5 Å². The van der Waals surface area contributed by atoms with Gasteiger partial charge in [-0.15, -0.1) is 0 Å². The normalized spacial score (nSPS) is 11.6. The minimum atomic E-state index is -0.677. The smallest absolute Gasteiger partial charge is 0.246 e. The maximum atomic E-state index is 13.0. The molecule has 1 atom stereocenters. The van der Waals surface area contributed by atoms with Gasteiger partial charge in [-0.05, 0) is 38.4 Å². The Morgan fingerprint density at radius 1 is 1.07 bits per heavy atom. The fourth-order valence-electron chi connectivity index (χ4n) is 3.06. The Morgan fingerprint density at radius 3 is 2.43 bits per heavy atom. The fraction of sp³-hybridized carbons (Fsp3) is 0.348. The van der Waals surface area contributed by atoms with E-state index < -0.39 is 6.04 Å². The number of amides is 2. The Kier molecular flexibility index (Phi) is 8.70. The minimum absolute atomic E-state index is 0.167. The molecular formula is C23H30N4O3. The standard InChI is InChI=1S/C23H30N4O3/c1-16-11-12-20(18(14-16)22(29)17-8-4-3-5-9-17)27(2)21(28)15-26-23(30)19(25)10-6-7-13-24/h3-5,8-9,11-12,14,19H,6-7,10,13,15,24-25H2,1-2H3,(H,26,30)/t19-/m0/s1. The molecule has 7 heteroatoms. The maximum Gasteiger partial charge on any atom is 0.246 e. The van der Waals surface area contributed by atoms with Crippen LogP contribution in [-0.2, 0) is 9.59 Å². The number of unbranched alkanes of at least 4 members (excludes halogenated alkanes) is 1. The van der Waals surface area contributed by atoms with Crippen LogP contribution < -0.4 is 21.7 Å². The summed E-state index contributed by atoms with van der Waals surface area (Å²) < 4.78 is 0. The first-order valence-electron chi connectivity index (χ1n) is 10.1. The van der Waals surface area contributed by atoms with Crippen LogP contribution in [0.3, 0.4) is 0 Å². The molecular weight excluding hydrogens is 380 g/mol. The Balaban J connectivity index is 2.09. The largest absolute Gasteiger partial charge is 0.346 e. The Bertz CT molecular complexity index is 883. The predicted octanol–water partition coefficient (Wildman–Crippen LogP) is 1.76. The van der Waals surface area contributed by atoms with E-state index in [1.165, 1.54) is 4.90 Å². The van der Waals surface area contributed by atoms with E-state index in [1.807, 2.05) is 19.1 Å². The highest BCUT2D eigenvalue weighted by atomic mass is 16.2. The summed E-state index contributed by atoms with van der Waals surface area (Å²) in [4.78, 5) is 39.2. The molecule has 0 aliphatic heterocycles. The molecule has 5 N–H and O–H groups in total. The summed E-state index contributed by atoms with van der Waals surface area (Å²) >= 11 is 0. The van der Waals surface area contributed by atoms with Crippen molar-refractivity contribution in [2.45, 2.75) is 32.2 Å². The molecule has 0 aliphatic carbocycles. The predicted molar refractivity (Wildman–Crippen MR) is 118 cm³/mol. The highest BCUT2D eigenvalue weighted by Gasteiger charge is 2.21. The Hall–Kier alpha value is -3.03. The van der Waals surface area contributed by atoms with Crippen LogP contribution >= 0.6 is 0 Å². The van der Waals surface area contributed by atoms with Crippen LogP contribution in [-0.4, -0.2) is 43.8 Å². The van der Waals surface area contributed by atoms with Crippen molar-refractivity contribution in [3.63, 3.8) is 0 Å². The molecule has 7 nitrogen and oxygen atoms in total. The van der Waals surface area contributed by atoms with Gasteiger partial charge in [0.15, 0.2) is 5.78 Å². The van der Waals surface area contributed by atoms with Crippen molar-refractivity contribution >= 4 is 23.3 Å². The number of hydrogen-bond donors (Lipinski definition) is 3. The molecule has 0 fully saturated rings. The third-order valence-electron chi connectivity index (χ3n) is 4.89. The van der Waals surface area contributed by atoms with Gasteiger partial charge in [-0.1, -0.05) is 48.4 Å². The van der Waals surface area contributed by atoms with Crippen molar-refractivity contribution in [2.75, 3.05) is 25.0 Å². The van der Waals surface area contributed by atoms with E-state index >= 15 is 0 Å². The fourth-order valence-corrected chi connectivity index (χ4v) is 3.06. The number of likely N-dealkylation sites (N-methyl/N-ethyl adjacent to an activating group) is 1. The van der Waals surface area contributed by atoms with Gasteiger partial charge < -0.3 is 21.7 Å². The lowest BCUT2D eigenvalue weighted by atomic mass is 9.99. The molecule has 0 aliphatic rings. The zero-order chi connectivity index (χ0) is 22.1. The average molecular weight is 411 g/mol. The number of nitrogens with zero attached hydrogens (tertiary/aromatic N) is 1. The molecule has 0 saturated carbocycles. The van der Waals surface area contributed by atoms with E-state index in [1.54, 1.807) is 43.4 Å². The summed E-state index contributed by atoms with van der Waals surface area (Å²) in [6.45, 7) is 2.24. The molecule has 0 saturated heterocycles. The number of carbonyl (C=O) groups excluding carboxylic acids is 3. The van der Waals surface area contributed by atoms with Crippen LogP contribution in [0.5, 0.6) is 0 Å². The van der Waals surface area contributed by atoms with Crippen LogP contribution in [0.4, 0.5) is 5.69 Å². The molecule has 2 aromatic carbocycles. The maximum absolute atomic E-state index is 13.0. The first-order chi connectivity index (χ1) is 14.3. The van der Waals surface area contributed by atoms with Crippen LogP contribution in [0.1, 0.15) is 40.7 Å². The quantitative estimate of drug-likeness (QED) is 0.407. The number of rotatable bonds is 10. The molecule has 0 spiro atoms. The van der Waals surface area contributed by atoms with E-state index in [4.69, 9.17) is 11.5 Å². The van der Waals surface area contributed by atoms with E-state index in [0.29, 0.717) is 29.8 Å². The lowest BCUT2D eigenvalue weighted by molar-refractivity contribution is -0.125. The number of nitrogens with two attached hydrogens (primary N) is 2. The number of carbonyl (C=O) groups is 3. The van der Waals surface area contributed by atoms with Crippen LogP contribution in [0, 0.1) is 6.92 Å². The zero-order valence-electron chi connectivity index (χ0n) is 17.6. The van der Waals surface area contributed by atoms with Gasteiger partial charge in [0.2, 0.25) is 11.8 Å². The third-order valence-corrected chi connectivity index (χ3v) is 4.89. The summed E-state index contributed by atoms with van der Waals surface area (Å²) in [5, 5.41) is 2.58. The van der Waals surface area contributed by atoms with Crippen LogP contribution in [0.25, 0.3) is 0 Å². The SMILES string of the molecule is Cc1ccc(N(C)C(=O)CNC(=O)[C@@H](N)CCCCN)c(C(=O)c2ccccc2)c1. The Labute approximate surface area is 177 Å². The second-order valence-electron chi connectivity index (χ2n) is 7.28. The third kappa shape index (κ3) is 6.23. The molecule has 30 heavy (non-hydrogen) atoms. The lowest BCUT2D eigenvalue weighted by Gasteiger charge is -2.21. The number of aryl methyl sites for hydroxylation is 1. The summed E-state index contributed by atoms with van der Waals surface area (Å²) in [7, 11) is 1.59. The van der Waals surface area contributed by atoms with Crippen molar-refractivity contribution < 1.29 is 14.4 Å². The van der Waals surface area contributed by atoms with Crippen molar-refractivity contribution in [1.82, 2.24) is 5.32 Å². The van der Waals surface area contributed by atoms with Gasteiger partial charge in [0, 0.05) is 18.2 Å². The second-order valence-corrected chi connectivity index (χ2v) is 7.28. The van der Waals surface area contributed by atoms with Crippen LogP contribution in [0.2, 0.25) is 0 Å².